The maximum Gasteiger partial charge on any atom is 0.416 e. The smallest absolute Gasteiger partial charge is 0.337 e. The van der Waals surface area contributed by atoms with Gasteiger partial charge in [0.15, 0.2) is 5.16 Å². The van der Waals surface area contributed by atoms with Crippen LogP contribution in [-0.2, 0) is 17.4 Å². The third-order valence-electron chi connectivity index (χ3n) is 4.32. The minimum Gasteiger partial charge on any atom is -0.337 e. The normalized spacial score (nSPS) is 12.6. The summed E-state index contributed by atoms with van der Waals surface area (Å²) in [6.45, 7) is 3.65. The molecule has 3 aromatic rings. The Bertz CT molecular complexity index is 969. The first-order valence-electron chi connectivity index (χ1n) is 8.96. The van der Waals surface area contributed by atoms with Crippen molar-refractivity contribution in [2.24, 2.45) is 0 Å². The lowest BCUT2D eigenvalue weighted by molar-refractivity contribution is -0.137. The number of nitrogens with zero attached hydrogens (tertiary/aromatic N) is 1. The van der Waals surface area contributed by atoms with E-state index < -0.39 is 17.0 Å². The maximum absolute atomic E-state index is 12.6. The van der Waals surface area contributed by atoms with Crippen LogP contribution in [0.3, 0.4) is 0 Å². The van der Waals surface area contributed by atoms with Crippen LogP contribution in [0.4, 0.5) is 18.9 Å². The Hall–Kier alpha value is -2.74. The second kappa shape index (κ2) is 8.73. The number of aromatic amines is 1. The number of aryl methyl sites for hydroxylation is 1. The summed E-state index contributed by atoms with van der Waals surface area (Å²) in [7, 11) is 0. The summed E-state index contributed by atoms with van der Waals surface area (Å²) >= 11 is 1.27. The molecule has 1 heterocycles. The molecule has 8 heteroatoms. The molecule has 1 amide bonds. The molecule has 2 N–H and O–H groups in total. The predicted molar refractivity (Wildman–Crippen MR) is 108 cm³/mol. The number of rotatable bonds is 6. The number of benzene rings is 2. The molecular formula is C21H20F3N3OS. The number of aromatic nitrogens is 2. The summed E-state index contributed by atoms with van der Waals surface area (Å²) in [5, 5.41) is 2.78. The van der Waals surface area contributed by atoms with Gasteiger partial charge in [-0.3, -0.25) is 4.79 Å². The Labute approximate surface area is 170 Å². The molecule has 1 atom stereocenters. The van der Waals surface area contributed by atoms with Crippen molar-refractivity contribution in [2.75, 3.05) is 5.32 Å². The first-order chi connectivity index (χ1) is 13.7. The van der Waals surface area contributed by atoms with Crippen molar-refractivity contribution in [3.8, 4) is 0 Å². The maximum atomic E-state index is 12.6. The molecule has 0 bridgehead atoms. The van der Waals surface area contributed by atoms with E-state index in [9.17, 15) is 18.0 Å². The molecule has 4 nitrogen and oxygen atoms in total. The number of hydrogen-bond donors (Lipinski definition) is 2. The molecule has 29 heavy (non-hydrogen) atoms. The fourth-order valence-electron chi connectivity index (χ4n) is 2.69. The van der Waals surface area contributed by atoms with Crippen molar-refractivity contribution in [1.29, 1.82) is 0 Å². The molecule has 0 aliphatic rings. The number of amides is 1. The molecule has 2 aromatic carbocycles. The van der Waals surface area contributed by atoms with E-state index >= 15 is 0 Å². The Balaban J connectivity index is 1.60. The van der Waals surface area contributed by atoms with Gasteiger partial charge in [-0.05, 0) is 43.7 Å². The van der Waals surface area contributed by atoms with E-state index in [1.807, 2.05) is 37.3 Å². The summed E-state index contributed by atoms with van der Waals surface area (Å²) in [4.78, 5) is 20.1. The lowest BCUT2D eigenvalue weighted by Gasteiger charge is -2.12. The Morgan fingerprint density at radius 1 is 1.14 bits per heavy atom. The largest absolute Gasteiger partial charge is 0.416 e. The van der Waals surface area contributed by atoms with E-state index in [1.165, 1.54) is 23.9 Å². The van der Waals surface area contributed by atoms with Crippen molar-refractivity contribution in [1.82, 2.24) is 9.97 Å². The number of halogens is 3. The summed E-state index contributed by atoms with van der Waals surface area (Å²) in [6.07, 6.45) is -3.71. The van der Waals surface area contributed by atoms with E-state index in [1.54, 1.807) is 6.92 Å². The van der Waals surface area contributed by atoms with Gasteiger partial charge in [0.05, 0.1) is 16.5 Å². The van der Waals surface area contributed by atoms with E-state index in [0.717, 1.165) is 29.1 Å². The van der Waals surface area contributed by atoms with Crippen LogP contribution < -0.4 is 5.32 Å². The molecule has 1 aromatic heterocycles. The summed E-state index contributed by atoms with van der Waals surface area (Å²) in [6, 6.07) is 14.3. The Morgan fingerprint density at radius 3 is 2.41 bits per heavy atom. The molecule has 0 radical (unpaired) electrons. The number of thioether (sulfide) groups is 1. The number of H-pyrrole nitrogens is 1. The fourth-order valence-corrected chi connectivity index (χ4v) is 3.57. The van der Waals surface area contributed by atoms with Crippen LogP contribution in [0.15, 0.2) is 59.8 Å². The third kappa shape index (κ3) is 5.63. The van der Waals surface area contributed by atoms with Gasteiger partial charge in [-0.15, -0.1) is 0 Å². The van der Waals surface area contributed by atoms with Crippen LogP contribution in [0.5, 0.6) is 0 Å². The van der Waals surface area contributed by atoms with Gasteiger partial charge < -0.3 is 10.3 Å². The quantitative estimate of drug-likeness (QED) is 0.523. The molecule has 0 fully saturated rings. The number of hydrogen-bond acceptors (Lipinski definition) is 3. The number of alkyl halides is 3. The van der Waals surface area contributed by atoms with Crippen LogP contribution >= 0.6 is 11.8 Å². The van der Waals surface area contributed by atoms with Gasteiger partial charge in [-0.1, -0.05) is 42.1 Å². The van der Waals surface area contributed by atoms with E-state index in [2.05, 4.69) is 15.3 Å². The zero-order valence-electron chi connectivity index (χ0n) is 15.9. The Morgan fingerprint density at radius 2 is 1.79 bits per heavy atom. The van der Waals surface area contributed by atoms with Crippen molar-refractivity contribution in [2.45, 2.75) is 36.9 Å². The first kappa shape index (κ1) is 21.0. The zero-order valence-corrected chi connectivity index (χ0v) is 16.7. The van der Waals surface area contributed by atoms with Crippen LogP contribution in [-0.4, -0.2) is 21.1 Å². The molecular weight excluding hydrogens is 399 g/mol. The minimum absolute atomic E-state index is 0.312. The lowest BCUT2D eigenvalue weighted by Crippen LogP contribution is -2.22. The van der Waals surface area contributed by atoms with E-state index in [0.29, 0.717) is 17.3 Å². The fraction of sp³-hybridized carbons (Fsp3) is 0.238. The van der Waals surface area contributed by atoms with Crippen LogP contribution in [0.25, 0.3) is 0 Å². The van der Waals surface area contributed by atoms with Crippen molar-refractivity contribution >= 4 is 23.4 Å². The molecule has 152 valence electrons. The molecule has 0 spiro atoms. The van der Waals surface area contributed by atoms with Crippen molar-refractivity contribution in [3.05, 3.63) is 77.1 Å². The van der Waals surface area contributed by atoms with Gasteiger partial charge in [-0.2, -0.15) is 13.2 Å². The highest BCUT2D eigenvalue weighted by molar-refractivity contribution is 8.00. The summed E-state index contributed by atoms with van der Waals surface area (Å²) in [5.74, 6) is -0.312. The topological polar surface area (TPSA) is 57.8 Å². The second-order valence-electron chi connectivity index (χ2n) is 6.60. The standard InChI is InChI=1S/C21H20F3N3OS/c1-13-18(12-15-6-4-3-5-7-15)27-20(25-13)29-14(2)19(28)26-17-10-8-16(9-11-17)21(22,23)24/h3-11,14H,12H2,1-2H3,(H,25,27)(H,26,28)/t14-/m0/s1. The third-order valence-corrected chi connectivity index (χ3v) is 5.30. The highest BCUT2D eigenvalue weighted by Crippen LogP contribution is 2.30. The van der Waals surface area contributed by atoms with Gasteiger partial charge >= 0.3 is 6.18 Å². The number of imidazole rings is 1. The monoisotopic (exact) mass is 419 g/mol. The SMILES string of the molecule is Cc1[nH]c(S[C@@H](C)C(=O)Nc2ccc(C(F)(F)F)cc2)nc1Cc1ccccc1. The molecule has 3 rings (SSSR count). The lowest BCUT2D eigenvalue weighted by atomic mass is 10.1. The van der Waals surface area contributed by atoms with Crippen LogP contribution in [0.2, 0.25) is 0 Å². The van der Waals surface area contributed by atoms with Crippen molar-refractivity contribution in [3.63, 3.8) is 0 Å². The van der Waals surface area contributed by atoms with Gasteiger partial charge in [0.1, 0.15) is 0 Å². The average molecular weight is 419 g/mol. The van der Waals surface area contributed by atoms with E-state index in [4.69, 9.17) is 0 Å². The number of nitrogens with one attached hydrogen (secondary N) is 2. The van der Waals surface area contributed by atoms with Gasteiger partial charge in [0.25, 0.3) is 0 Å². The molecule has 0 aliphatic carbocycles. The molecule has 0 aliphatic heterocycles. The summed E-state index contributed by atoms with van der Waals surface area (Å²) < 4.78 is 37.9. The highest BCUT2D eigenvalue weighted by atomic mass is 32.2. The summed E-state index contributed by atoms with van der Waals surface area (Å²) in [5.41, 5.74) is 2.55. The van der Waals surface area contributed by atoms with Crippen LogP contribution in [0, 0.1) is 6.92 Å². The van der Waals surface area contributed by atoms with E-state index in [-0.39, 0.29) is 5.91 Å². The first-order valence-corrected chi connectivity index (χ1v) is 9.84. The predicted octanol–water partition coefficient (Wildman–Crippen LogP) is 5.45. The van der Waals surface area contributed by atoms with Crippen molar-refractivity contribution < 1.29 is 18.0 Å². The number of carbonyl (C=O) groups excluding carboxylic acids is 1. The highest BCUT2D eigenvalue weighted by Gasteiger charge is 2.30. The van der Waals surface area contributed by atoms with Gasteiger partial charge in [0.2, 0.25) is 5.91 Å². The number of anilines is 1. The van der Waals surface area contributed by atoms with Gasteiger partial charge in [0, 0.05) is 17.8 Å². The average Bonchev–Trinajstić information content (AvgIpc) is 3.01. The molecule has 0 unspecified atom stereocenters. The molecule has 0 saturated carbocycles. The van der Waals surface area contributed by atoms with Crippen LogP contribution in [0.1, 0.15) is 29.4 Å². The molecule has 0 saturated heterocycles. The Kier molecular flexibility index (Phi) is 6.32. The minimum atomic E-state index is -4.40. The van der Waals surface area contributed by atoms with Gasteiger partial charge in [-0.25, -0.2) is 4.98 Å². The second-order valence-corrected chi connectivity index (χ2v) is 7.93. The number of carbonyl (C=O) groups is 1. The zero-order chi connectivity index (χ0) is 21.0.